The van der Waals surface area contributed by atoms with Crippen LogP contribution >= 0.6 is 0 Å². The summed E-state index contributed by atoms with van der Waals surface area (Å²) in [5.74, 6) is 0.409. The zero-order chi connectivity index (χ0) is 21.3. The Balaban J connectivity index is 1.60. The molecule has 1 saturated heterocycles. The third kappa shape index (κ3) is 3.97. The molecule has 0 aliphatic carbocycles. The Bertz CT molecular complexity index is 1160. The lowest BCUT2D eigenvalue weighted by Gasteiger charge is -2.30. The topological polar surface area (TPSA) is 83.8 Å². The first-order valence-corrected chi connectivity index (χ1v) is 11.8. The van der Waals surface area contributed by atoms with Gasteiger partial charge < -0.3 is 5.32 Å². The third-order valence-electron chi connectivity index (χ3n) is 5.65. The maximum Gasteiger partial charge on any atom is 0.228 e. The highest BCUT2D eigenvalue weighted by Crippen LogP contribution is 2.30. The van der Waals surface area contributed by atoms with E-state index in [1.165, 1.54) is 4.31 Å². The number of piperidine rings is 1. The summed E-state index contributed by atoms with van der Waals surface area (Å²) >= 11 is 0. The summed E-state index contributed by atoms with van der Waals surface area (Å²) in [6, 6.07) is 13.7. The van der Waals surface area contributed by atoms with Crippen molar-refractivity contribution in [3.63, 3.8) is 0 Å². The van der Waals surface area contributed by atoms with Crippen LogP contribution in [0.1, 0.15) is 25.3 Å². The average molecular weight is 427 g/mol. The molecule has 0 bridgehead atoms. The summed E-state index contributed by atoms with van der Waals surface area (Å²) in [7, 11) is -3.21. The average Bonchev–Trinajstić information content (AvgIpc) is 3.11. The van der Waals surface area contributed by atoms with Crippen molar-refractivity contribution in [2.24, 2.45) is 5.92 Å². The molecule has 0 saturated carbocycles. The monoisotopic (exact) mass is 426 g/mol. The third-order valence-corrected chi connectivity index (χ3v) is 7.53. The second-order valence-corrected chi connectivity index (χ2v) is 9.93. The van der Waals surface area contributed by atoms with Crippen LogP contribution in [0.15, 0.2) is 48.7 Å². The van der Waals surface area contributed by atoms with Crippen LogP contribution in [0.2, 0.25) is 0 Å². The number of hydrogen-bond acceptors (Lipinski definition) is 4. The lowest BCUT2D eigenvalue weighted by molar-refractivity contribution is -0.120. The van der Waals surface area contributed by atoms with Gasteiger partial charge in [0.15, 0.2) is 0 Å². The number of carbonyl (C=O) groups is 1. The zero-order valence-corrected chi connectivity index (χ0v) is 18.0. The summed E-state index contributed by atoms with van der Waals surface area (Å²) in [6.45, 7) is 4.41. The second-order valence-electron chi connectivity index (χ2n) is 7.67. The minimum atomic E-state index is -3.21. The number of nitrogens with zero attached hydrogens (tertiary/aromatic N) is 3. The van der Waals surface area contributed by atoms with E-state index >= 15 is 0 Å². The van der Waals surface area contributed by atoms with E-state index in [0.717, 1.165) is 22.5 Å². The number of sulfonamides is 1. The van der Waals surface area contributed by atoms with Crippen molar-refractivity contribution in [3.8, 4) is 11.3 Å². The Morgan fingerprint density at radius 1 is 1.17 bits per heavy atom. The summed E-state index contributed by atoms with van der Waals surface area (Å²) in [5.41, 5.74) is 3.51. The van der Waals surface area contributed by atoms with Crippen LogP contribution in [0.25, 0.3) is 16.9 Å². The molecule has 1 aliphatic heterocycles. The molecule has 158 valence electrons. The number of anilines is 1. The molecular weight excluding hydrogens is 400 g/mol. The van der Waals surface area contributed by atoms with Gasteiger partial charge in [-0.1, -0.05) is 30.3 Å². The van der Waals surface area contributed by atoms with Crippen LogP contribution in [-0.4, -0.2) is 46.9 Å². The molecule has 3 aromatic rings. The van der Waals surface area contributed by atoms with E-state index in [2.05, 4.69) is 5.32 Å². The van der Waals surface area contributed by atoms with Gasteiger partial charge in [-0.3, -0.25) is 9.20 Å². The minimum Gasteiger partial charge on any atom is -0.310 e. The van der Waals surface area contributed by atoms with Crippen LogP contribution in [0.4, 0.5) is 5.82 Å². The Kier molecular flexibility index (Phi) is 5.62. The highest BCUT2D eigenvalue weighted by molar-refractivity contribution is 7.89. The molecule has 8 heteroatoms. The van der Waals surface area contributed by atoms with Crippen molar-refractivity contribution in [2.45, 2.75) is 26.7 Å². The predicted molar refractivity (Wildman–Crippen MR) is 118 cm³/mol. The molecule has 1 aromatic carbocycles. The lowest BCUT2D eigenvalue weighted by atomic mass is 9.97. The molecule has 0 unspecified atom stereocenters. The molecule has 4 rings (SSSR count). The first-order chi connectivity index (χ1) is 14.4. The first-order valence-electron chi connectivity index (χ1n) is 10.2. The van der Waals surface area contributed by atoms with E-state index in [1.54, 1.807) is 6.92 Å². The Morgan fingerprint density at radius 2 is 1.87 bits per heavy atom. The maximum atomic E-state index is 13.1. The first kappa shape index (κ1) is 20.6. The molecular formula is C22H26N4O3S. The number of rotatable bonds is 5. The highest BCUT2D eigenvalue weighted by Gasteiger charge is 2.31. The van der Waals surface area contributed by atoms with Crippen molar-refractivity contribution in [3.05, 3.63) is 54.2 Å². The largest absolute Gasteiger partial charge is 0.310 e. The predicted octanol–water partition coefficient (Wildman–Crippen LogP) is 3.31. The zero-order valence-electron chi connectivity index (χ0n) is 17.2. The summed E-state index contributed by atoms with van der Waals surface area (Å²) in [6.07, 6.45) is 2.94. The number of aromatic nitrogens is 2. The Labute approximate surface area is 176 Å². The number of aryl methyl sites for hydroxylation is 1. The Hall–Kier alpha value is -2.71. The van der Waals surface area contributed by atoms with Crippen molar-refractivity contribution in [2.75, 3.05) is 24.2 Å². The molecule has 0 atom stereocenters. The standard InChI is InChI=1S/C22H26N4O3S/c1-3-30(28,29)25-12-10-18(11-13-25)22(27)24-21-20(17-7-5-4-6-8-17)23-19-15-16(2)9-14-26(19)21/h4-9,14-15,18H,3,10-13H2,1-2H3,(H,24,27). The van der Waals surface area contributed by atoms with Gasteiger partial charge >= 0.3 is 0 Å². The fraction of sp³-hybridized carbons (Fsp3) is 0.364. The van der Waals surface area contributed by atoms with Crippen molar-refractivity contribution >= 4 is 27.4 Å². The van der Waals surface area contributed by atoms with Gasteiger partial charge in [-0.2, -0.15) is 0 Å². The van der Waals surface area contributed by atoms with E-state index in [-0.39, 0.29) is 17.6 Å². The van der Waals surface area contributed by atoms with E-state index in [9.17, 15) is 13.2 Å². The normalized spacial score (nSPS) is 16.1. The van der Waals surface area contributed by atoms with E-state index in [1.807, 2.05) is 60.0 Å². The maximum absolute atomic E-state index is 13.1. The van der Waals surface area contributed by atoms with Crippen LogP contribution in [0.3, 0.4) is 0 Å². The number of hydrogen-bond donors (Lipinski definition) is 1. The van der Waals surface area contributed by atoms with Gasteiger partial charge in [0.25, 0.3) is 0 Å². The molecule has 3 heterocycles. The minimum absolute atomic E-state index is 0.0888. The van der Waals surface area contributed by atoms with Crippen LogP contribution < -0.4 is 5.32 Å². The summed E-state index contributed by atoms with van der Waals surface area (Å²) < 4.78 is 27.5. The molecule has 1 aliphatic rings. The molecule has 0 radical (unpaired) electrons. The summed E-state index contributed by atoms with van der Waals surface area (Å²) in [4.78, 5) is 17.8. The fourth-order valence-corrected chi connectivity index (χ4v) is 4.99. The fourth-order valence-electron chi connectivity index (χ4n) is 3.86. The smallest absolute Gasteiger partial charge is 0.228 e. The molecule has 2 aromatic heterocycles. The molecule has 7 nitrogen and oxygen atoms in total. The number of fused-ring (bicyclic) bond motifs is 1. The number of nitrogens with one attached hydrogen (secondary N) is 1. The molecule has 1 amide bonds. The van der Waals surface area contributed by atoms with Crippen LogP contribution in [-0.2, 0) is 14.8 Å². The quantitative estimate of drug-likeness (QED) is 0.678. The molecule has 1 N–H and O–H groups in total. The van der Waals surface area contributed by atoms with Gasteiger partial charge in [-0.15, -0.1) is 0 Å². The van der Waals surface area contributed by atoms with Crippen LogP contribution in [0.5, 0.6) is 0 Å². The van der Waals surface area contributed by atoms with Gasteiger partial charge in [0.05, 0.1) is 5.75 Å². The van der Waals surface area contributed by atoms with E-state index in [4.69, 9.17) is 4.98 Å². The van der Waals surface area contributed by atoms with Gasteiger partial charge in [0.1, 0.15) is 17.2 Å². The molecule has 1 fully saturated rings. The Morgan fingerprint density at radius 3 is 2.53 bits per heavy atom. The lowest BCUT2D eigenvalue weighted by Crippen LogP contribution is -2.42. The molecule has 0 spiro atoms. The van der Waals surface area contributed by atoms with E-state index in [0.29, 0.717) is 31.7 Å². The van der Waals surface area contributed by atoms with Gasteiger partial charge in [0.2, 0.25) is 15.9 Å². The SMILES string of the molecule is CCS(=O)(=O)N1CCC(C(=O)Nc2c(-c3ccccc3)nc3cc(C)ccn23)CC1. The number of benzene rings is 1. The number of pyridine rings is 1. The molecule has 30 heavy (non-hydrogen) atoms. The van der Waals surface area contributed by atoms with Crippen molar-refractivity contribution in [1.29, 1.82) is 0 Å². The summed E-state index contributed by atoms with van der Waals surface area (Å²) in [5, 5.41) is 3.08. The van der Waals surface area contributed by atoms with Gasteiger partial charge in [-0.25, -0.2) is 17.7 Å². The number of amides is 1. The number of carbonyl (C=O) groups excluding carboxylic acids is 1. The van der Waals surface area contributed by atoms with Crippen LogP contribution in [0, 0.1) is 12.8 Å². The van der Waals surface area contributed by atoms with Gasteiger partial charge in [0, 0.05) is 30.8 Å². The van der Waals surface area contributed by atoms with Gasteiger partial charge in [-0.05, 0) is 44.4 Å². The number of imidazole rings is 1. The van der Waals surface area contributed by atoms with E-state index < -0.39 is 10.0 Å². The van der Waals surface area contributed by atoms with Crippen molar-refractivity contribution in [1.82, 2.24) is 13.7 Å². The second kappa shape index (κ2) is 8.20. The highest BCUT2D eigenvalue weighted by atomic mass is 32.2. The van der Waals surface area contributed by atoms with Crippen molar-refractivity contribution < 1.29 is 13.2 Å².